The van der Waals surface area contributed by atoms with Crippen molar-refractivity contribution in [1.29, 1.82) is 0 Å². The zero-order chi connectivity index (χ0) is 0. The van der Waals surface area contributed by atoms with Crippen LogP contribution in [-0.4, -0.2) is 124 Å². The largest absolute Gasteiger partial charge is 2.00 e. The summed E-state index contributed by atoms with van der Waals surface area (Å²) in [5.74, 6) is 0. The molecule has 4 nitrogen and oxygen atoms in total. The first-order valence-corrected chi connectivity index (χ1v) is 0. The predicted molar refractivity (Wildman–Crippen MR) is 25.9 cm³/mol. The summed E-state index contributed by atoms with van der Waals surface area (Å²) in [6, 6.07) is 0. The molecule has 0 aromatic carbocycles. The molecule has 0 spiro atoms. The van der Waals surface area contributed by atoms with E-state index in [9.17, 15) is 0 Å². The van der Waals surface area contributed by atoms with Gasteiger partial charge in [0, 0.05) is 0 Å². The van der Waals surface area contributed by atoms with Crippen LogP contribution in [-0.2, 0) is 11.0 Å². The molecule has 7 heavy (non-hydrogen) atoms. The maximum absolute atomic E-state index is 0. The molecule has 4 N–H and O–H groups in total. The van der Waals surface area contributed by atoms with E-state index < -0.39 is 0 Å². The molecule has 0 heterocycles. The van der Waals surface area contributed by atoms with Crippen LogP contribution in [0.1, 0.15) is 0 Å². The Morgan fingerprint density at radius 3 is 0.429 bits per heavy atom. The van der Waals surface area contributed by atoms with Crippen LogP contribution >= 0.6 is 0 Å². The summed E-state index contributed by atoms with van der Waals surface area (Å²) < 4.78 is 0. The fourth-order valence-corrected chi connectivity index (χ4v) is 0. The summed E-state index contributed by atoms with van der Waals surface area (Å²) in [6.45, 7) is 0. The van der Waals surface area contributed by atoms with Crippen LogP contribution in [0.4, 0.5) is 0 Å². The van der Waals surface area contributed by atoms with Gasteiger partial charge in [-0.25, -0.2) is 0 Å². The Bertz CT molecular complexity index is 6.90. The van der Waals surface area contributed by atoms with Gasteiger partial charge in [0.05, 0.1) is 0 Å². The third kappa shape index (κ3) is 42.6. The van der Waals surface area contributed by atoms with Gasteiger partial charge in [0.2, 0.25) is 0 Å². The molecule has 0 aliphatic carbocycles. The Morgan fingerprint density at radius 2 is 0.429 bits per heavy atom. The van der Waals surface area contributed by atoms with E-state index in [2.05, 4.69) is 0 Å². The van der Waals surface area contributed by atoms with Crippen molar-refractivity contribution >= 4 is 113 Å². The Labute approximate surface area is 132 Å². The minimum absolute atomic E-state index is 0. The van der Waals surface area contributed by atoms with Gasteiger partial charge in [-0.1, -0.05) is 0 Å². The van der Waals surface area contributed by atoms with Crippen molar-refractivity contribution in [2.45, 2.75) is 0 Å². The normalized spacial score (nSPS) is 0. The Hall–Kier alpha value is 3.62. The van der Waals surface area contributed by atoms with Gasteiger partial charge in [0.1, 0.15) is 0 Å². The SMILES string of the molecule is O.O.[Ca+2].[Ca+2].[Ca+2].[O-2].[O-2]. The van der Waals surface area contributed by atoms with E-state index in [0.717, 1.165) is 0 Å². The third-order valence-corrected chi connectivity index (χ3v) is 0. The van der Waals surface area contributed by atoms with E-state index in [-0.39, 0.29) is 135 Å². The Kier molecular flexibility index (Phi) is 585. The van der Waals surface area contributed by atoms with Gasteiger partial charge in [-0.15, -0.1) is 0 Å². The van der Waals surface area contributed by atoms with Crippen LogP contribution < -0.4 is 0 Å². The zero-order valence-electron chi connectivity index (χ0n) is 3.94. The van der Waals surface area contributed by atoms with Crippen LogP contribution in [0.2, 0.25) is 0 Å². The molecule has 7 heteroatoms. The summed E-state index contributed by atoms with van der Waals surface area (Å²) in [7, 11) is 0. The van der Waals surface area contributed by atoms with Gasteiger partial charge in [0.25, 0.3) is 0 Å². The molecule has 0 aromatic heterocycles. The average molecular weight is 188 g/mol. The molecule has 0 rings (SSSR count). The van der Waals surface area contributed by atoms with Crippen molar-refractivity contribution in [3.8, 4) is 0 Å². The van der Waals surface area contributed by atoms with Crippen LogP contribution in [0.25, 0.3) is 0 Å². The number of hydrogen-bond donors (Lipinski definition) is 0. The average Bonchev–Trinajstić information content (AvgIpc) is 0. The molecule has 32 valence electrons. The van der Waals surface area contributed by atoms with Gasteiger partial charge in [-0.2, -0.15) is 0 Å². The predicted octanol–water partition coefficient (Wildman–Crippen LogP) is -3.03. The van der Waals surface area contributed by atoms with Crippen molar-refractivity contribution in [1.82, 2.24) is 0 Å². The van der Waals surface area contributed by atoms with Gasteiger partial charge < -0.3 is 21.9 Å². The number of hydrogen-bond acceptors (Lipinski definition) is 0. The second-order valence-corrected chi connectivity index (χ2v) is 0. The van der Waals surface area contributed by atoms with Gasteiger partial charge in [-0.3, -0.25) is 0 Å². The molecule has 0 saturated carbocycles. The van der Waals surface area contributed by atoms with Crippen molar-refractivity contribution in [2.75, 3.05) is 0 Å². The number of rotatable bonds is 0. The van der Waals surface area contributed by atoms with E-state index in [1.807, 2.05) is 0 Å². The molecule has 0 saturated heterocycles. The fourth-order valence-electron chi connectivity index (χ4n) is 0. The van der Waals surface area contributed by atoms with Crippen molar-refractivity contribution < 1.29 is 21.9 Å². The standard InChI is InChI=1S/3Ca.2H2O.2O/h;;;2*1H2;;/q3*+2;;;2*-2. The zero-order valence-corrected chi connectivity index (χ0v) is 10.6. The molecule has 0 fully saturated rings. The summed E-state index contributed by atoms with van der Waals surface area (Å²) in [5.41, 5.74) is 0. The van der Waals surface area contributed by atoms with E-state index in [4.69, 9.17) is 0 Å². The second-order valence-electron chi connectivity index (χ2n) is 0. The van der Waals surface area contributed by atoms with Crippen molar-refractivity contribution in [3.63, 3.8) is 0 Å². The van der Waals surface area contributed by atoms with Crippen molar-refractivity contribution in [2.24, 2.45) is 0 Å². The third-order valence-electron chi connectivity index (χ3n) is 0. The first-order valence-electron chi connectivity index (χ1n) is 0. The maximum atomic E-state index is 0. The fraction of sp³-hybridized carbons (Fsp3) is 0. The monoisotopic (exact) mass is 188 g/mol. The maximum Gasteiger partial charge on any atom is 2.00 e. The molecule has 0 aliphatic rings. The van der Waals surface area contributed by atoms with Gasteiger partial charge in [0.15, 0.2) is 0 Å². The summed E-state index contributed by atoms with van der Waals surface area (Å²) in [5, 5.41) is 0. The molecule has 0 radical (unpaired) electrons. The van der Waals surface area contributed by atoms with Crippen LogP contribution in [0.3, 0.4) is 0 Å². The molecule has 0 atom stereocenters. The first-order chi connectivity index (χ1) is 0. The summed E-state index contributed by atoms with van der Waals surface area (Å²) in [6.07, 6.45) is 0. The molecular formula is H4Ca3O4+2. The topological polar surface area (TPSA) is 120 Å². The van der Waals surface area contributed by atoms with Crippen LogP contribution in [0, 0.1) is 0 Å². The van der Waals surface area contributed by atoms with Gasteiger partial charge in [-0.05, 0) is 0 Å². The van der Waals surface area contributed by atoms with E-state index in [1.54, 1.807) is 0 Å². The minimum Gasteiger partial charge on any atom is -2.00 e. The van der Waals surface area contributed by atoms with E-state index >= 15 is 0 Å². The quantitative estimate of drug-likeness (QED) is 0.359. The summed E-state index contributed by atoms with van der Waals surface area (Å²) in [4.78, 5) is 0. The summed E-state index contributed by atoms with van der Waals surface area (Å²) >= 11 is 0. The smallest absolute Gasteiger partial charge is 2.00 e. The van der Waals surface area contributed by atoms with Crippen molar-refractivity contribution in [3.05, 3.63) is 0 Å². The molecule has 0 aromatic rings. The molecule has 0 unspecified atom stereocenters. The first kappa shape index (κ1) is 75.0. The second kappa shape index (κ2) is 54.6. The Morgan fingerprint density at radius 1 is 0.429 bits per heavy atom. The molecule has 0 bridgehead atoms. The van der Waals surface area contributed by atoms with Crippen LogP contribution in [0.15, 0.2) is 0 Å². The van der Waals surface area contributed by atoms with Crippen LogP contribution in [0.5, 0.6) is 0 Å². The molecule has 0 amide bonds. The Balaban J connectivity index is 0. The van der Waals surface area contributed by atoms with E-state index in [1.165, 1.54) is 0 Å². The molecule has 0 aliphatic heterocycles. The molecular weight excluding hydrogens is 184 g/mol. The van der Waals surface area contributed by atoms with E-state index in [0.29, 0.717) is 0 Å². The minimum atomic E-state index is 0. The van der Waals surface area contributed by atoms with Gasteiger partial charge >= 0.3 is 113 Å².